The molecule has 0 saturated heterocycles. The van der Waals surface area contributed by atoms with Crippen LogP contribution in [-0.4, -0.2) is 24.3 Å². The number of hydrazine groups is 1. The van der Waals surface area contributed by atoms with Crippen LogP contribution >= 0.6 is 12.2 Å². The molecular formula is C14H16N4O4S2. The summed E-state index contributed by atoms with van der Waals surface area (Å²) in [6.07, 6.45) is 0.562. The molecule has 0 radical (unpaired) electrons. The highest BCUT2D eigenvalue weighted by molar-refractivity contribution is 7.89. The van der Waals surface area contributed by atoms with Crippen LogP contribution in [-0.2, 0) is 27.7 Å². The molecule has 0 aliphatic rings. The number of rotatable bonds is 6. The van der Waals surface area contributed by atoms with Crippen LogP contribution in [0.2, 0.25) is 0 Å². The first-order chi connectivity index (χ1) is 11.3. The van der Waals surface area contributed by atoms with Gasteiger partial charge in [0.1, 0.15) is 0 Å². The van der Waals surface area contributed by atoms with E-state index in [1.54, 1.807) is 12.1 Å². The van der Waals surface area contributed by atoms with Crippen LogP contribution in [0.3, 0.4) is 0 Å². The van der Waals surface area contributed by atoms with E-state index in [0.29, 0.717) is 0 Å². The number of sulfonamides is 1. The predicted molar refractivity (Wildman–Crippen MR) is 90.2 cm³/mol. The molecule has 0 aliphatic heterocycles. The molecule has 0 atom stereocenters. The maximum atomic E-state index is 12.1. The Morgan fingerprint density at radius 3 is 2.46 bits per heavy atom. The number of amides is 1. The van der Waals surface area contributed by atoms with Gasteiger partial charge in [-0.1, -0.05) is 19.1 Å². The second-order valence-electron chi connectivity index (χ2n) is 4.94. The molecule has 0 fully saturated rings. The number of hydrogen-bond donors (Lipinski definition) is 4. The Kier molecular flexibility index (Phi) is 5.65. The van der Waals surface area contributed by atoms with Gasteiger partial charge in [0, 0.05) is 11.8 Å². The maximum Gasteiger partial charge on any atom is 0.257 e. The van der Waals surface area contributed by atoms with Crippen molar-refractivity contribution >= 4 is 28.1 Å². The lowest BCUT2D eigenvalue weighted by molar-refractivity contribution is -0.120. The van der Waals surface area contributed by atoms with E-state index in [4.69, 9.17) is 12.2 Å². The molecule has 8 nitrogen and oxygen atoms in total. The first kappa shape index (κ1) is 18.0. The third-order valence-corrected chi connectivity index (χ3v) is 4.60. The zero-order chi connectivity index (χ0) is 17.7. The van der Waals surface area contributed by atoms with E-state index in [0.717, 1.165) is 12.0 Å². The summed E-state index contributed by atoms with van der Waals surface area (Å²) in [7, 11) is -3.87. The number of nitrogens with one attached hydrogen (secondary N) is 4. The molecule has 0 aliphatic carbocycles. The number of aromatic amines is 2. The Balaban J connectivity index is 2.01. The smallest absolute Gasteiger partial charge is 0.257 e. The van der Waals surface area contributed by atoms with Gasteiger partial charge in [-0.05, 0) is 36.3 Å². The maximum absolute atomic E-state index is 12.1. The minimum absolute atomic E-state index is 0.0376. The van der Waals surface area contributed by atoms with Crippen molar-refractivity contribution in [2.45, 2.75) is 24.7 Å². The quantitative estimate of drug-likeness (QED) is 0.438. The van der Waals surface area contributed by atoms with E-state index >= 15 is 0 Å². The molecule has 1 amide bonds. The number of aromatic nitrogens is 2. The zero-order valence-electron chi connectivity index (χ0n) is 12.8. The highest BCUT2D eigenvalue weighted by Crippen LogP contribution is 2.10. The van der Waals surface area contributed by atoms with Crippen LogP contribution in [0.5, 0.6) is 0 Å². The van der Waals surface area contributed by atoms with Gasteiger partial charge in [-0.2, -0.15) is 0 Å². The zero-order valence-corrected chi connectivity index (χ0v) is 14.4. The summed E-state index contributed by atoms with van der Waals surface area (Å²) in [6.45, 7) is 1.96. The van der Waals surface area contributed by atoms with Gasteiger partial charge in [0.25, 0.3) is 15.6 Å². The van der Waals surface area contributed by atoms with Gasteiger partial charge in [-0.3, -0.25) is 20.0 Å². The first-order valence-electron chi connectivity index (χ1n) is 7.02. The average Bonchev–Trinajstić information content (AvgIpc) is 2.52. The number of hydrogen-bond acceptors (Lipinski definition) is 5. The molecule has 1 aromatic carbocycles. The second kappa shape index (κ2) is 7.51. The molecule has 4 N–H and O–H groups in total. The Morgan fingerprint density at radius 2 is 1.88 bits per heavy atom. The normalized spacial score (nSPS) is 11.2. The van der Waals surface area contributed by atoms with Crippen molar-refractivity contribution in [1.29, 1.82) is 0 Å². The number of carbonyl (C=O) groups is 1. The number of aryl methyl sites for hydroxylation is 1. The largest absolute Gasteiger partial charge is 0.335 e. The second-order valence-corrected chi connectivity index (χ2v) is 7.03. The standard InChI is InChI=1S/C14H16N4O4S2/c1-2-9-3-5-11(6-4-9)24(21,22)18-17-13(20)8-10-7-12(19)16-14(23)15-10/h3-7,18H,2,8H2,1H3,(H,17,20)(H2,15,16,19,23). The Hall–Kier alpha value is -2.30. The number of benzene rings is 1. The van der Waals surface area contributed by atoms with Crippen LogP contribution in [0.4, 0.5) is 0 Å². The minimum Gasteiger partial charge on any atom is -0.335 e. The fraction of sp³-hybridized carbons (Fsp3) is 0.214. The van der Waals surface area contributed by atoms with Crippen molar-refractivity contribution in [3.63, 3.8) is 0 Å². The lowest BCUT2D eigenvalue weighted by Crippen LogP contribution is -2.42. The SMILES string of the molecule is CCc1ccc(S(=O)(=O)NNC(=O)Cc2cc(=O)[nH]c(=S)[nH]2)cc1. The third-order valence-electron chi connectivity index (χ3n) is 3.13. The molecule has 24 heavy (non-hydrogen) atoms. The Labute approximate surface area is 143 Å². The summed E-state index contributed by atoms with van der Waals surface area (Å²) < 4.78 is 24.3. The monoisotopic (exact) mass is 368 g/mol. The molecule has 10 heteroatoms. The molecule has 1 heterocycles. The van der Waals surface area contributed by atoms with Crippen molar-refractivity contribution in [1.82, 2.24) is 20.2 Å². The number of carbonyl (C=O) groups excluding carboxylic acids is 1. The van der Waals surface area contributed by atoms with Crippen LogP contribution in [0.25, 0.3) is 0 Å². The molecular weight excluding hydrogens is 352 g/mol. The van der Waals surface area contributed by atoms with Crippen LogP contribution in [0.15, 0.2) is 40.0 Å². The fourth-order valence-corrected chi connectivity index (χ4v) is 3.01. The van der Waals surface area contributed by atoms with Crippen molar-refractivity contribution in [2.24, 2.45) is 0 Å². The van der Waals surface area contributed by atoms with Crippen molar-refractivity contribution in [2.75, 3.05) is 0 Å². The van der Waals surface area contributed by atoms with Gasteiger partial charge >= 0.3 is 0 Å². The molecule has 0 spiro atoms. The van der Waals surface area contributed by atoms with Gasteiger partial charge in [0.05, 0.1) is 11.3 Å². The summed E-state index contributed by atoms with van der Waals surface area (Å²) in [5.74, 6) is -0.639. The Bertz CT molecular complexity index is 917. The van der Waals surface area contributed by atoms with Crippen molar-refractivity contribution < 1.29 is 13.2 Å². The lowest BCUT2D eigenvalue weighted by atomic mass is 10.2. The van der Waals surface area contributed by atoms with Crippen LogP contribution in [0, 0.1) is 4.77 Å². The summed E-state index contributed by atoms with van der Waals surface area (Å²) >= 11 is 4.79. The van der Waals surface area contributed by atoms with Crippen LogP contribution in [0.1, 0.15) is 18.2 Å². The van der Waals surface area contributed by atoms with Gasteiger partial charge in [0.15, 0.2) is 4.77 Å². The summed E-state index contributed by atoms with van der Waals surface area (Å²) in [4.78, 5) is 30.1. The molecule has 128 valence electrons. The number of H-pyrrole nitrogens is 2. The topological polar surface area (TPSA) is 124 Å². The van der Waals surface area contributed by atoms with Gasteiger partial charge in [-0.15, -0.1) is 4.83 Å². The predicted octanol–water partition coefficient (Wildman–Crippen LogP) is 0.547. The van der Waals surface area contributed by atoms with E-state index in [9.17, 15) is 18.0 Å². The van der Waals surface area contributed by atoms with E-state index in [-0.39, 0.29) is 21.8 Å². The highest BCUT2D eigenvalue weighted by Gasteiger charge is 2.15. The fourth-order valence-electron chi connectivity index (χ4n) is 1.92. The van der Waals surface area contributed by atoms with E-state index in [2.05, 4.69) is 15.4 Å². The molecule has 0 saturated carbocycles. The van der Waals surface area contributed by atoms with Gasteiger partial charge in [0.2, 0.25) is 5.91 Å². The molecule has 2 aromatic rings. The average molecular weight is 368 g/mol. The first-order valence-corrected chi connectivity index (χ1v) is 8.91. The molecule has 0 unspecified atom stereocenters. The van der Waals surface area contributed by atoms with Gasteiger partial charge in [-0.25, -0.2) is 8.42 Å². The molecule has 1 aromatic heterocycles. The minimum atomic E-state index is -3.87. The van der Waals surface area contributed by atoms with Gasteiger partial charge < -0.3 is 4.98 Å². The molecule has 0 bridgehead atoms. The van der Waals surface area contributed by atoms with E-state index in [1.165, 1.54) is 18.2 Å². The van der Waals surface area contributed by atoms with E-state index < -0.39 is 21.5 Å². The van der Waals surface area contributed by atoms with Crippen molar-refractivity contribution in [3.8, 4) is 0 Å². The third kappa shape index (κ3) is 4.85. The van der Waals surface area contributed by atoms with Crippen LogP contribution < -0.4 is 15.8 Å². The van der Waals surface area contributed by atoms with Crippen molar-refractivity contribution in [3.05, 3.63) is 56.7 Å². The summed E-state index contributed by atoms with van der Waals surface area (Å²) in [5, 5.41) is 0. The Morgan fingerprint density at radius 1 is 1.21 bits per heavy atom. The highest BCUT2D eigenvalue weighted by atomic mass is 32.2. The summed E-state index contributed by atoms with van der Waals surface area (Å²) in [5.41, 5.74) is 2.92. The summed E-state index contributed by atoms with van der Waals surface area (Å²) in [6, 6.07) is 7.50. The molecule has 2 rings (SSSR count). The van der Waals surface area contributed by atoms with E-state index in [1.807, 2.05) is 11.8 Å². The lowest BCUT2D eigenvalue weighted by Gasteiger charge is -2.09.